The molecule has 1 nitrogen and oxygen atoms in total. The van der Waals surface area contributed by atoms with Crippen molar-refractivity contribution in [3.8, 4) is 0 Å². The smallest absolute Gasteiger partial charge is 0.0233 e. The summed E-state index contributed by atoms with van der Waals surface area (Å²) in [5, 5.41) is 0. The van der Waals surface area contributed by atoms with Crippen molar-refractivity contribution in [3.63, 3.8) is 0 Å². The number of likely N-dealkylation sites (tertiary alicyclic amines) is 1. The zero-order chi connectivity index (χ0) is 11.5. The molecule has 16 heavy (non-hydrogen) atoms. The number of piperidine rings is 1. The summed E-state index contributed by atoms with van der Waals surface area (Å²) in [5.74, 6) is 1.63. The van der Waals surface area contributed by atoms with Crippen LogP contribution in [0.4, 0.5) is 0 Å². The summed E-state index contributed by atoms with van der Waals surface area (Å²) in [6, 6.07) is 10.8. The average Bonchev–Trinajstić information content (AvgIpc) is 2.27. The second kappa shape index (κ2) is 5.50. The summed E-state index contributed by atoms with van der Waals surface area (Å²) < 4.78 is 0.838. The topological polar surface area (TPSA) is 3.24 Å². The lowest BCUT2D eigenvalue weighted by Crippen LogP contribution is -2.44. The monoisotopic (exact) mass is 329 g/mol. The van der Waals surface area contributed by atoms with E-state index < -0.39 is 0 Å². The van der Waals surface area contributed by atoms with Crippen LogP contribution in [0.5, 0.6) is 0 Å². The van der Waals surface area contributed by atoms with E-state index in [-0.39, 0.29) is 0 Å². The van der Waals surface area contributed by atoms with Gasteiger partial charge >= 0.3 is 0 Å². The minimum absolute atomic E-state index is 0.813. The molecule has 0 aliphatic carbocycles. The molecule has 2 atom stereocenters. The molecule has 0 spiro atoms. The third-order valence-corrected chi connectivity index (χ3v) is 5.88. The fraction of sp³-hybridized carbons (Fsp3) is 0.571. The summed E-state index contributed by atoms with van der Waals surface area (Å²) >= 11 is 2.62. The zero-order valence-electron chi connectivity index (χ0n) is 10.1. The Hall–Kier alpha value is -0.0900. The van der Waals surface area contributed by atoms with Crippen molar-refractivity contribution in [3.05, 3.63) is 35.9 Å². The molecule has 1 aliphatic rings. The van der Waals surface area contributed by atoms with Gasteiger partial charge in [-0.3, -0.25) is 4.90 Å². The van der Waals surface area contributed by atoms with Crippen LogP contribution in [0.15, 0.2) is 30.3 Å². The van der Waals surface area contributed by atoms with Gasteiger partial charge in [0.05, 0.1) is 0 Å². The molecule has 0 unspecified atom stereocenters. The van der Waals surface area contributed by atoms with Crippen molar-refractivity contribution < 1.29 is 0 Å². The van der Waals surface area contributed by atoms with Gasteiger partial charge in [0, 0.05) is 23.6 Å². The molecule has 1 aromatic rings. The molecule has 1 fully saturated rings. The molecular formula is C14H20IN. The maximum Gasteiger partial charge on any atom is 0.0233 e. The highest BCUT2D eigenvalue weighted by Gasteiger charge is 2.29. The third-order valence-electron chi connectivity index (χ3n) is 3.43. The predicted octanol–water partition coefficient (Wildman–Crippen LogP) is 3.58. The van der Waals surface area contributed by atoms with Gasteiger partial charge in [-0.05, 0) is 17.4 Å². The van der Waals surface area contributed by atoms with Gasteiger partial charge in [-0.2, -0.15) is 0 Å². The molecule has 1 heterocycles. The Balaban J connectivity index is 1.97. The van der Waals surface area contributed by atoms with Gasteiger partial charge in [0.1, 0.15) is 0 Å². The van der Waals surface area contributed by atoms with Crippen LogP contribution in [0.3, 0.4) is 0 Å². The van der Waals surface area contributed by atoms with Crippen LogP contribution in [0, 0.1) is 11.8 Å². The van der Waals surface area contributed by atoms with Crippen LogP contribution in [-0.4, -0.2) is 21.9 Å². The van der Waals surface area contributed by atoms with Crippen LogP contribution in [0.1, 0.15) is 19.4 Å². The Morgan fingerprint density at radius 3 is 2.25 bits per heavy atom. The molecule has 1 saturated heterocycles. The number of hydrogen-bond donors (Lipinski definition) is 0. The van der Waals surface area contributed by atoms with Crippen molar-refractivity contribution in [1.29, 1.82) is 0 Å². The molecule has 1 aromatic carbocycles. The number of halogens is 1. The molecule has 2 rings (SSSR count). The normalized spacial score (nSPS) is 28.2. The fourth-order valence-electron chi connectivity index (χ4n) is 2.62. The van der Waals surface area contributed by atoms with Crippen molar-refractivity contribution in [2.45, 2.75) is 24.3 Å². The molecule has 0 radical (unpaired) electrons. The van der Waals surface area contributed by atoms with Gasteiger partial charge in [0.2, 0.25) is 0 Å². The molecular weight excluding hydrogens is 309 g/mol. The van der Waals surface area contributed by atoms with E-state index in [4.69, 9.17) is 0 Å². The zero-order valence-corrected chi connectivity index (χ0v) is 12.2. The number of rotatable bonds is 2. The molecule has 0 bridgehead atoms. The van der Waals surface area contributed by atoms with E-state index in [1.807, 2.05) is 0 Å². The van der Waals surface area contributed by atoms with E-state index in [1.54, 1.807) is 0 Å². The Labute approximate surface area is 112 Å². The Bertz CT molecular complexity index is 313. The second-order valence-corrected chi connectivity index (χ2v) is 6.52. The first-order valence-electron chi connectivity index (χ1n) is 6.07. The average molecular weight is 329 g/mol. The standard InChI is InChI=1S/C14H20IN/c1-11-8-16(9-12(2)14(11)15)10-13-6-4-3-5-7-13/h3-7,11-12,14H,8-10H2,1-2H3/t11-,12-/m0/s1. The summed E-state index contributed by atoms with van der Waals surface area (Å²) in [7, 11) is 0. The lowest BCUT2D eigenvalue weighted by atomic mass is 9.91. The molecule has 0 saturated carbocycles. The van der Waals surface area contributed by atoms with E-state index in [1.165, 1.54) is 18.7 Å². The van der Waals surface area contributed by atoms with E-state index in [0.29, 0.717) is 0 Å². The Morgan fingerprint density at radius 2 is 1.69 bits per heavy atom. The summed E-state index contributed by atoms with van der Waals surface area (Å²) in [6.07, 6.45) is 0. The molecule has 88 valence electrons. The SMILES string of the molecule is C[C@H]1CN(Cc2ccccc2)C[C@H](C)C1I. The highest BCUT2D eigenvalue weighted by molar-refractivity contribution is 14.1. The predicted molar refractivity (Wildman–Crippen MR) is 77.9 cm³/mol. The van der Waals surface area contributed by atoms with Crippen molar-refractivity contribution in [2.75, 3.05) is 13.1 Å². The maximum atomic E-state index is 2.62. The highest BCUT2D eigenvalue weighted by Crippen LogP contribution is 2.29. The van der Waals surface area contributed by atoms with E-state index in [9.17, 15) is 0 Å². The van der Waals surface area contributed by atoms with Gasteiger partial charge in [0.25, 0.3) is 0 Å². The maximum absolute atomic E-state index is 2.62. The lowest BCUT2D eigenvalue weighted by Gasteiger charge is -2.38. The number of nitrogens with zero attached hydrogens (tertiary/aromatic N) is 1. The summed E-state index contributed by atoms with van der Waals surface area (Å²) in [6.45, 7) is 8.36. The summed E-state index contributed by atoms with van der Waals surface area (Å²) in [5.41, 5.74) is 1.44. The van der Waals surface area contributed by atoms with Gasteiger partial charge in [-0.25, -0.2) is 0 Å². The molecule has 2 heteroatoms. The van der Waals surface area contributed by atoms with Crippen LogP contribution < -0.4 is 0 Å². The molecule has 0 N–H and O–H groups in total. The van der Waals surface area contributed by atoms with E-state index in [0.717, 1.165) is 22.3 Å². The van der Waals surface area contributed by atoms with Crippen LogP contribution in [0.25, 0.3) is 0 Å². The molecule has 1 aliphatic heterocycles. The lowest BCUT2D eigenvalue weighted by molar-refractivity contribution is 0.145. The second-order valence-electron chi connectivity index (χ2n) is 5.08. The quantitative estimate of drug-likeness (QED) is 0.592. The van der Waals surface area contributed by atoms with Gasteiger partial charge in [-0.15, -0.1) is 0 Å². The minimum atomic E-state index is 0.813. The Kier molecular flexibility index (Phi) is 4.25. The summed E-state index contributed by atoms with van der Waals surface area (Å²) in [4.78, 5) is 2.60. The van der Waals surface area contributed by atoms with Gasteiger partial charge < -0.3 is 0 Å². The first-order valence-corrected chi connectivity index (χ1v) is 7.31. The first kappa shape index (κ1) is 12.4. The largest absolute Gasteiger partial charge is 0.298 e. The van der Waals surface area contributed by atoms with Crippen LogP contribution in [0.2, 0.25) is 0 Å². The van der Waals surface area contributed by atoms with Crippen molar-refractivity contribution in [1.82, 2.24) is 4.90 Å². The van der Waals surface area contributed by atoms with Crippen LogP contribution in [-0.2, 0) is 6.54 Å². The van der Waals surface area contributed by atoms with E-state index in [2.05, 4.69) is 71.7 Å². The third kappa shape index (κ3) is 2.98. The molecule has 0 aromatic heterocycles. The minimum Gasteiger partial charge on any atom is -0.298 e. The Morgan fingerprint density at radius 1 is 1.12 bits per heavy atom. The highest BCUT2D eigenvalue weighted by atomic mass is 127. The number of alkyl halides is 1. The van der Waals surface area contributed by atoms with Gasteiger partial charge in [-0.1, -0.05) is 66.8 Å². The fourth-order valence-corrected chi connectivity index (χ4v) is 3.08. The van der Waals surface area contributed by atoms with Gasteiger partial charge in [0.15, 0.2) is 0 Å². The van der Waals surface area contributed by atoms with Crippen LogP contribution >= 0.6 is 22.6 Å². The van der Waals surface area contributed by atoms with Crippen molar-refractivity contribution >= 4 is 22.6 Å². The molecule has 0 amide bonds. The number of benzene rings is 1. The number of hydrogen-bond acceptors (Lipinski definition) is 1. The van der Waals surface area contributed by atoms with Crippen molar-refractivity contribution in [2.24, 2.45) is 11.8 Å². The van der Waals surface area contributed by atoms with E-state index >= 15 is 0 Å². The first-order chi connectivity index (χ1) is 7.66.